The van der Waals surface area contributed by atoms with Gasteiger partial charge in [0.15, 0.2) is 11.5 Å². The average Bonchev–Trinajstić information content (AvgIpc) is 2.08. The summed E-state index contributed by atoms with van der Waals surface area (Å²) in [6.07, 6.45) is 0. The first-order chi connectivity index (χ1) is 6.16. The smallest absolute Gasteiger partial charge is 0.159 e. The molecule has 0 fully saturated rings. The highest BCUT2D eigenvalue weighted by molar-refractivity contribution is 5.85. The van der Waals surface area contributed by atoms with E-state index in [1.165, 1.54) is 12.1 Å². The average molecular weight is 213 g/mol. The largest absolute Gasteiger partial charge is 0.504 e. The molecule has 4 nitrogen and oxygen atoms in total. The van der Waals surface area contributed by atoms with Gasteiger partial charge in [-0.2, -0.15) is 10.2 Å². The summed E-state index contributed by atoms with van der Waals surface area (Å²) in [4.78, 5) is 0. The molecule has 0 saturated heterocycles. The molecule has 0 unspecified atom stereocenters. The van der Waals surface area contributed by atoms with Gasteiger partial charge >= 0.3 is 0 Å². The Morgan fingerprint density at radius 2 is 1.64 bits per heavy atom. The van der Waals surface area contributed by atoms with Crippen LogP contribution in [-0.2, 0) is 0 Å². The van der Waals surface area contributed by atoms with Crippen LogP contribution in [0.1, 0.15) is 5.69 Å². The standard InChI is InChI=1S/C9H8N2O2.ClH/c1-5-2-6-3-8(12)9(13)4-7(6)11-10-5;/h2-4,12-13H,1H3;1H. The van der Waals surface area contributed by atoms with Crippen molar-refractivity contribution in [3.63, 3.8) is 0 Å². The zero-order valence-corrected chi connectivity index (χ0v) is 8.25. The van der Waals surface area contributed by atoms with Crippen LogP contribution in [-0.4, -0.2) is 20.4 Å². The maximum Gasteiger partial charge on any atom is 0.159 e. The van der Waals surface area contributed by atoms with Crippen LogP contribution < -0.4 is 0 Å². The topological polar surface area (TPSA) is 66.2 Å². The molecule has 14 heavy (non-hydrogen) atoms. The number of aromatic nitrogens is 2. The van der Waals surface area contributed by atoms with Crippen molar-refractivity contribution < 1.29 is 10.2 Å². The SMILES string of the molecule is Cc1cc2cc(O)c(O)cc2nn1.Cl. The van der Waals surface area contributed by atoms with Gasteiger partial charge in [0.1, 0.15) is 0 Å². The van der Waals surface area contributed by atoms with Crippen molar-refractivity contribution in [2.24, 2.45) is 0 Å². The first-order valence-corrected chi connectivity index (χ1v) is 3.83. The third kappa shape index (κ3) is 1.70. The summed E-state index contributed by atoms with van der Waals surface area (Å²) in [5.74, 6) is -0.314. The molecule has 2 N–H and O–H groups in total. The number of nitrogens with zero attached hydrogens (tertiary/aromatic N) is 2. The van der Waals surface area contributed by atoms with Crippen LogP contribution in [0.15, 0.2) is 18.2 Å². The third-order valence-electron chi connectivity index (χ3n) is 1.80. The maximum atomic E-state index is 9.21. The van der Waals surface area contributed by atoms with Crippen molar-refractivity contribution in [3.05, 3.63) is 23.9 Å². The molecule has 2 rings (SSSR count). The van der Waals surface area contributed by atoms with E-state index in [9.17, 15) is 5.11 Å². The van der Waals surface area contributed by atoms with E-state index in [-0.39, 0.29) is 23.9 Å². The number of aromatic hydroxyl groups is 2. The summed E-state index contributed by atoms with van der Waals surface area (Å²) in [6, 6.07) is 4.64. The molecule has 0 radical (unpaired) electrons. The highest BCUT2D eigenvalue weighted by Gasteiger charge is 2.03. The number of fused-ring (bicyclic) bond motifs is 1. The van der Waals surface area contributed by atoms with Gasteiger partial charge in [0.25, 0.3) is 0 Å². The van der Waals surface area contributed by atoms with E-state index in [0.29, 0.717) is 5.52 Å². The summed E-state index contributed by atoms with van der Waals surface area (Å²) in [7, 11) is 0. The predicted molar refractivity (Wildman–Crippen MR) is 54.9 cm³/mol. The lowest BCUT2D eigenvalue weighted by molar-refractivity contribution is 0.404. The number of aryl methyl sites for hydroxylation is 1. The van der Waals surface area contributed by atoms with Gasteiger partial charge in [0.05, 0.1) is 11.2 Å². The number of phenols is 2. The zero-order valence-electron chi connectivity index (χ0n) is 7.43. The van der Waals surface area contributed by atoms with Gasteiger partial charge in [-0.1, -0.05) is 0 Å². The Balaban J connectivity index is 0.000000980. The van der Waals surface area contributed by atoms with Crippen molar-refractivity contribution in [2.75, 3.05) is 0 Å². The van der Waals surface area contributed by atoms with Gasteiger partial charge < -0.3 is 10.2 Å². The molecular formula is C9H9ClN2O2. The molecule has 0 saturated carbocycles. The van der Waals surface area contributed by atoms with Gasteiger partial charge in [-0.25, -0.2) is 0 Å². The minimum absolute atomic E-state index is 0. The molecule has 0 aliphatic rings. The molecule has 1 aromatic carbocycles. The Kier molecular flexibility index (Phi) is 2.76. The van der Waals surface area contributed by atoms with Crippen LogP contribution in [0.3, 0.4) is 0 Å². The quantitative estimate of drug-likeness (QED) is 0.654. The van der Waals surface area contributed by atoms with Gasteiger partial charge in [0, 0.05) is 11.5 Å². The molecule has 0 amide bonds. The lowest BCUT2D eigenvalue weighted by Gasteiger charge is -2.00. The van der Waals surface area contributed by atoms with Crippen molar-refractivity contribution in [3.8, 4) is 11.5 Å². The van der Waals surface area contributed by atoms with Gasteiger partial charge in [-0.05, 0) is 19.1 Å². The van der Waals surface area contributed by atoms with Crippen LogP contribution in [0, 0.1) is 6.92 Å². The molecule has 2 aromatic rings. The lowest BCUT2D eigenvalue weighted by atomic mass is 10.2. The first kappa shape index (κ1) is 10.5. The highest BCUT2D eigenvalue weighted by Crippen LogP contribution is 2.28. The molecule has 0 spiro atoms. The second kappa shape index (κ2) is 3.67. The van der Waals surface area contributed by atoms with E-state index < -0.39 is 0 Å². The van der Waals surface area contributed by atoms with Crippen molar-refractivity contribution in [1.29, 1.82) is 0 Å². The number of hydrogen-bond donors (Lipinski definition) is 2. The number of hydrogen-bond acceptors (Lipinski definition) is 4. The van der Waals surface area contributed by atoms with Crippen LogP contribution in [0.4, 0.5) is 0 Å². The van der Waals surface area contributed by atoms with Crippen molar-refractivity contribution >= 4 is 23.3 Å². The molecular weight excluding hydrogens is 204 g/mol. The van der Waals surface area contributed by atoms with E-state index in [0.717, 1.165) is 11.1 Å². The normalized spacial score (nSPS) is 9.79. The second-order valence-corrected chi connectivity index (χ2v) is 2.89. The van der Waals surface area contributed by atoms with Crippen LogP contribution in [0.2, 0.25) is 0 Å². The molecule has 5 heteroatoms. The van der Waals surface area contributed by atoms with Gasteiger partial charge in [-0.3, -0.25) is 0 Å². The summed E-state index contributed by atoms with van der Waals surface area (Å²) < 4.78 is 0. The Morgan fingerprint density at radius 1 is 1.00 bits per heavy atom. The fourth-order valence-corrected chi connectivity index (χ4v) is 1.17. The molecule has 1 aromatic heterocycles. The second-order valence-electron chi connectivity index (χ2n) is 2.89. The summed E-state index contributed by atoms with van der Waals surface area (Å²) in [5.41, 5.74) is 1.35. The van der Waals surface area contributed by atoms with E-state index in [1.54, 1.807) is 6.07 Å². The maximum absolute atomic E-state index is 9.21. The first-order valence-electron chi connectivity index (χ1n) is 3.83. The van der Waals surface area contributed by atoms with E-state index >= 15 is 0 Å². The monoisotopic (exact) mass is 212 g/mol. The fraction of sp³-hybridized carbons (Fsp3) is 0.111. The summed E-state index contributed by atoms with van der Waals surface area (Å²) in [6.45, 7) is 1.82. The molecule has 0 aliphatic carbocycles. The molecule has 0 aliphatic heterocycles. The van der Waals surface area contributed by atoms with Crippen LogP contribution >= 0.6 is 12.4 Å². The van der Waals surface area contributed by atoms with Gasteiger partial charge in [-0.15, -0.1) is 12.4 Å². The number of halogens is 1. The Bertz CT molecular complexity index is 474. The van der Waals surface area contributed by atoms with Crippen LogP contribution in [0.25, 0.3) is 10.9 Å². The summed E-state index contributed by atoms with van der Waals surface area (Å²) in [5, 5.41) is 26.8. The van der Waals surface area contributed by atoms with E-state index in [4.69, 9.17) is 5.11 Å². The minimum Gasteiger partial charge on any atom is -0.504 e. The van der Waals surface area contributed by atoms with Gasteiger partial charge in [0.2, 0.25) is 0 Å². The third-order valence-corrected chi connectivity index (χ3v) is 1.80. The number of rotatable bonds is 0. The Hall–Kier alpha value is -1.55. The van der Waals surface area contributed by atoms with Crippen molar-refractivity contribution in [1.82, 2.24) is 10.2 Å². The van der Waals surface area contributed by atoms with Crippen molar-refractivity contribution in [2.45, 2.75) is 6.92 Å². The van der Waals surface area contributed by atoms with Crippen LogP contribution in [0.5, 0.6) is 11.5 Å². The minimum atomic E-state index is -0.175. The Morgan fingerprint density at radius 3 is 2.36 bits per heavy atom. The van der Waals surface area contributed by atoms with E-state index in [1.807, 2.05) is 6.92 Å². The lowest BCUT2D eigenvalue weighted by Crippen LogP contribution is -1.87. The number of benzene rings is 1. The predicted octanol–water partition coefficient (Wildman–Crippen LogP) is 1.77. The zero-order chi connectivity index (χ0) is 9.42. The Labute approximate surface area is 86.6 Å². The molecule has 74 valence electrons. The molecule has 0 atom stereocenters. The molecule has 1 heterocycles. The summed E-state index contributed by atoms with van der Waals surface area (Å²) >= 11 is 0. The highest BCUT2D eigenvalue weighted by atomic mass is 35.5. The number of phenolic OH excluding ortho intramolecular Hbond substituents is 2. The molecule has 0 bridgehead atoms. The fourth-order valence-electron chi connectivity index (χ4n) is 1.17. The van der Waals surface area contributed by atoms with E-state index in [2.05, 4.69) is 10.2 Å².